The third kappa shape index (κ3) is 5.16. The van der Waals surface area contributed by atoms with E-state index < -0.39 is 0 Å². The molecule has 2 amide bonds. The Bertz CT molecular complexity index is 828. The third-order valence-corrected chi connectivity index (χ3v) is 5.32. The number of anilines is 1. The lowest BCUT2D eigenvalue weighted by Gasteiger charge is -2.32. The van der Waals surface area contributed by atoms with E-state index in [2.05, 4.69) is 32.6 Å². The van der Waals surface area contributed by atoms with Crippen molar-refractivity contribution in [3.8, 4) is 5.88 Å². The van der Waals surface area contributed by atoms with Gasteiger partial charge in [-0.25, -0.2) is 14.8 Å². The number of piperidine rings is 1. The molecule has 0 atom stereocenters. The quantitative estimate of drug-likeness (QED) is 0.740. The molecule has 0 aromatic carbocycles. The molecule has 2 N–H and O–H groups in total. The molecule has 2 aromatic rings. The normalized spacial score (nSPS) is 14.7. The number of nitrogens with zero attached hydrogens (tertiary/aromatic N) is 5. The van der Waals surface area contributed by atoms with Gasteiger partial charge in [0.1, 0.15) is 12.1 Å². The van der Waals surface area contributed by atoms with E-state index in [4.69, 9.17) is 4.74 Å². The first-order valence-corrected chi connectivity index (χ1v) is 10.3. The summed E-state index contributed by atoms with van der Waals surface area (Å²) in [5.41, 5.74) is 3.19. The minimum atomic E-state index is -0.0211. The second-order valence-electron chi connectivity index (χ2n) is 7.20. The molecular weight excluding hydrogens is 370 g/mol. The number of urea groups is 1. The number of nitrogens with one attached hydrogen (secondary N) is 2. The van der Waals surface area contributed by atoms with Crippen molar-refractivity contribution in [2.75, 3.05) is 25.0 Å². The van der Waals surface area contributed by atoms with Crippen molar-refractivity contribution in [1.29, 1.82) is 0 Å². The molecule has 0 unspecified atom stereocenters. The van der Waals surface area contributed by atoms with Crippen molar-refractivity contribution in [1.82, 2.24) is 30.0 Å². The van der Waals surface area contributed by atoms with Crippen LogP contribution in [0.15, 0.2) is 12.4 Å². The van der Waals surface area contributed by atoms with Gasteiger partial charge in [-0.15, -0.1) is 0 Å². The standard InChI is InChI=1S/C20H31N7O2/c1-5-27-15(4)17(14(3)25-27)12-21-20(28)26-9-7-16(8-10-26)24-18-11-19(29-6-2)23-13-22-18/h11,13,16H,5-10,12H2,1-4H3,(H,21,28)(H,22,23,24). The number of likely N-dealkylation sites (tertiary alicyclic amines) is 1. The lowest BCUT2D eigenvalue weighted by molar-refractivity contribution is 0.183. The average Bonchev–Trinajstić information content (AvgIpc) is 3.00. The fraction of sp³-hybridized carbons (Fsp3) is 0.600. The van der Waals surface area contributed by atoms with Gasteiger partial charge in [0.05, 0.1) is 12.3 Å². The summed E-state index contributed by atoms with van der Waals surface area (Å²) in [7, 11) is 0. The Hall–Kier alpha value is -2.84. The number of ether oxygens (including phenoxy) is 1. The molecule has 0 aliphatic carbocycles. The highest BCUT2D eigenvalue weighted by molar-refractivity contribution is 5.74. The van der Waals surface area contributed by atoms with Gasteiger partial charge in [-0.1, -0.05) is 0 Å². The Balaban J connectivity index is 1.47. The number of hydrogen-bond acceptors (Lipinski definition) is 6. The fourth-order valence-corrected chi connectivity index (χ4v) is 3.65. The van der Waals surface area contributed by atoms with Crippen molar-refractivity contribution < 1.29 is 9.53 Å². The zero-order valence-electron chi connectivity index (χ0n) is 17.7. The van der Waals surface area contributed by atoms with Crippen molar-refractivity contribution in [3.63, 3.8) is 0 Å². The highest BCUT2D eigenvalue weighted by Crippen LogP contribution is 2.18. The van der Waals surface area contributed by atoms with Gasteiger partial charge < -0.3 is 20.3 Å². The second-order valence-corrected chi connectivity index (χ2v) is 7.20. The summed E-state index contributed by atoms with van der Waals surface area (Å²) < 4.78 is 7.39. The van der Waals surface area contributed by atoms with Gasteiger partial charge in [0.2, 0.25) is 5.88 Å². The summed E-state index contributed by atoms with van der Waals surface area (Å²) in [6.45, 7) is 11.4. The number of amides is 2. The number of aryl methyl sites for hydroxylation is 2. The summed E-state index contributed by atoms with van der Waals surface area (Å²) in [5.74, 6) is 1.32. The second kappa shape index (κ2) is 9.58. The van der Waals surface area contributed by atoms with E-state index in [-0.39, 0.29) is 12.1 Å². The maximum Gasteiger partial charge on any atom is 0.317 e. The van der Waals surface area contributed by atoms with E-state index >= 15 is 0 Å². The van der Waals surface area contributed by atoms with Gasteiger partial charge in [0.25, 0.3) is 0 Å². The molecule has 0 bridgehead atoms. The predicted molar refractivity (Wildman–Crippen MR) is 111 cm³/mol. The first kappa shape index (κ1) is 20.9. The Morgan fingerprint density at radius 1 is 1.24 bits per heavy atom. The van der Waals surface area contributed by atoms with E-state index in [9.17, 15) is 4.79 Å². The lowest BCUT2D eigenvalue weighted by atomic mass is 10.1. The van der Waals surface area contributed by atoms with E-state index in [0.717, 1.165) is 42.2 Å². The number of rotatable bonds is 7. The zero-order valence-corrected chi connectivity index (χ0v) is 17.7. The van der Waals surface area contributed by atoms with Crippen LogP contribution in [-0.2, 0) is 13.1 Å². The fourth-order valence-electron chi connectivity index (χ4n) is 3.65. The van der Waals surface area contributed by atoms with Gasteiger partial charge in [-0.3, -0.25) is 4.68 Å². The monoisotopic (exact) mass is 401 g/mol. The molecule has 1 fully saturated rings. The lowest BCUT2D eigenvalue weighted by Crippen LogP contribution is -2.46. The van der Waals surface area contributed by atoms with Crippen molar-refractivity contribution in [2.45, 2.75) is 59.7 Å². The van der Waals surface area contributed by atoms with Crippen LogP contribution in [0, 0.1) is 13.8 Å². The molecular formula is C20H31N7O2. The molecule has 1 aliphatic rings. The average molecular weight is 402 g/mol. The largest absolute Gasteiger partial charge is 0.478 e. The SMILES string of the molecule is CCOc1cc(NC2CCN(C(=O)NCc3c(C)nn(CC)c3C)CC2)ncn1. The van der Waals surface area contributed by atoms with Gasteiger partial charge >= 0.3 is 6.03 Å². The molecule has 9 nitrogen and oxygen atoms in total. The third-order valence-electron chi connectivity index (χ3n) is 5.32. The molecule has 29 heavy (non-hydrogen) atoms. The molecule has 0 saturated carbocycles. The van der Waals surface area contributed by atoms with Crippen LogP contribution in [0.1, 0.15) is 43.6 Å². The van der Waals surface area contributed by atoms with E-state index in [0.29, 0.717) is 32.1 Å². The molecule has 1 aliphatic heterocycles. The molecule has 0 spiro atoms. The summed E-state index contributed by atoms with van der Waals surface area (Å²) in [6, 6.07) is 2.06. The summed E-state index contributed by atoms with van der Waals surface area (Å²) in [6.07, 6.45) is 3.24. The minimum absolute atomic E-state index is 0.0211. The highest BCUT2D eigenvalue weighted by Gasteiger charge is 2.23. The highest BCUT2D eigenvalue weighted by atomic mass is 16.5. The Morgan fingerprint density at radius 2 is 2.00 bits per heavy atom. The molecule has 1 saturated heterocycles. The van der Waals surface area contributed by atoms with Gasteiger partial charge in [0, 0.05) is 49.5 Å². The molecule has 0 radical (unpaired) electrons. The molecule has 3 heterocycles. The van der Waals surface area contributed by atoms with Crippen LogP contribution in [0.25, 0.3) is 0 Å². The molecule has 2 aromatic heterocycles. The van der Waals surface area contributed by atoms with E-state index in [1.807, 2.05) is 36.4 Å². The van der Waals surface area contributed by atoms with Crippen LogP contribution >= 0.6 is 0 Å². The summed E-state index contributed by atoms with van der Waals surface area (Å²) in [5, 5.41) is 11.0. The van der Waals surface area contributed by atoms with E-state index in [1.54, 1.807) is 0 Å². The van der Waals surface area contributed by atoms with Crippen molar-refractivity contribution >= 4 is 11.8 Å². The maximum atomic E-state index is 12.6. The number of aromatic nitrogens is 4. The topological polar surface area (TPSA) is 97.2 Å². The number of carbonyl (C=O) groups excluding carboxylic acids is 1. The van der Waals surface area contributed by atoms with Crippen molar-refractivity contribution in [3.05, 3.63) is 29.3 Å². The van der Waals surface area contributed by atoms with Crippen LogP contribution in [0.3, 0.4) is 0 Å². The van der Waals surface area contributed by atoms with Crippen LogP contribution in [0.5, 0.6) is 5.88 Å². The first-order chi connectivity index (χ1) is 14.0. The zero-order chi connectivity index (χ0) is 20.8. The minimum Gasteiger partial charge on any atom is -0.478 e. The van der Waals surface area contributed by atoms with Crippen LogP contribution in [-0.4, -0.2) is 56.4 Å². The number of carbonyl (C=O) groups is 1. The number of hydrogen-bond donors (Lipinski definition) is 2. The smallest absolute Gasteiger partial charge is 0.317 e. The molecule has 3 rings (SSSR count). The Labute approximate surface area is 171 Å². The maximum absolute atomic E-state index is 12.6. The Kier molecular flexibility index (Phi) is 6.90. The van der Waals surface area contributed by atoms with Gasteiger partial charge in [-0.2, -0.15) is 5.10 Å². The summed E-state index contributed by atoms with van der Waals surface area (Å²) in [4.78, 5) is 22.8. The molecule has 158 valence electrons. The van der Waals surface area contributed by atoms with Crippen LogP contribution < -0.4 is 15.4 Å². The Morgan fingerprint density at radius 3 is 2.66 bits per heavy atom. The van der Waals surface area contributed by atoms with Gasteiger partial charge in [0.15, 0.2) is 0 Å². The van der Waals surface area contributed by atoms with Crippen LogP contribution in [0.2, 0.25) is 0 Å². The summed E-state index contributed by atoms with van der Waals surface area (Å²) >= 11 is 0. The predicted octanol–water partition coefficient (Wildman–Crippen LogP) is 2.49. The van der Waals surface area contributed by atoms with Crippen molar-refractivity contribution in [2.24, 2.45) is 0 Å². The van der Waals surface area contributed by atoms with Gasteiger partial charge in [-0.05, 0) is 40.5 Å². The first-order valence-electron chi connectivity index (χ1n) is 10.3. The van der Waals surface area contributed by atoms with Crippen LogP contribution in [0.4, 0.5) is 10.6 Å². The molecule has 9 heteroatoms. The van der Waals surface area contributed by atoms with E-state index in [1.165, 1.54) is 6.33 Å².